The Hall–Kier alpha value is -3.42. The van der Waals surface area contributed by atoms with Crippen molar-refractivity contribution in [2.45, 2.75) is 19.8 Å². The van der Waals surface area contributed by atoms with E-state index in [2.05, 4.69) is 10.1 Å². The molecule has 0 unspecified atom stereocenters. The van der Waals surface area contributed by atoms with Crippen LogP contribution < -0.4 is 9.47 Å². The number of carbonyl (C=O) groups excluding carboxylic acids is 1. The van der Waals surface area contributed by atoms with Gasteiger partial charge in [0.1, 0.15) is 23.4 Å². The van der Waals surface area contributed by atoms with E-state index in [-0.39, 0.29) is 5.71 Å². The minimum Gasteiger partial charge on any atom is -0.497 e. The first-order chi connectivity index (χ1) is 13.7. The van der Waals surface area contributed by atoms with Gasteiger partial charge < -0.3 is 9.47 Å². The molecule has 0 bridgehead atoms. The van der Waals surface area contributed by atoms with E-state index in [0.717, 1.165) is 5.56 Å². The van der Waals surface area contributed by atoms with Crippen LogP contribution in [0.4, 0.5) is 14.5 Å². The van der Waals surface area contributed by atoms with Crippen LogP contribution in [0.25, 0.3) is 0 Å². The first kappa shape index (κ1) is 20.3. The fourth-order valence-electron chi connectivity index (χ4n) is 2.85. The van der Waals surface area contributed by atoms with Crippen molar-refractivity contribution in [3.63, 3.8) is 0 Å². The number of aliphatic imine (C=N–C) groups is 1. The van der Waals surface area contributed by atoms with Crippen molar-refractivity contribution in [3.8, 4) is 11.5 Å². The van der Waals surface area contributed by atoms with Gasteiger partial charge in [-0.2, -0.15) is 8.78 Å². The number of hydrogen-bond acceptors (Lipinski definition) is 4. The summed E-state index contributed by atoms with van der Waals surface area (Å²) in [5.41, 5.74) is 2.66. The normalized spacial score (nSPS) is 15.2. The fourth-order valence-corrected chi connectivity index (χ4v) is 2.85. The maximum absolute atomic E-state index is 13.4. The lowest BCUT2D eigenvalue weighted by Crippen LogP contribution is -2.27. The second kappa shape index (κ2) is 7.90. The first-order valence-electron chi connectivity index (χ1n) is 8.76. The molecular formula is C21H20F2N3O3+. The van der Waals surface area contributed by atoms with Crippen LogP contribution in [0.1, 0.15) is 25.0 Å². The molecule has 1 heterocycles. The summed E-state index contributed by atoms with van der Waals surface area (Å²) in [7, 11) is 3.11. The predicted octanol–water partition coefficient (Wildman–Crippen LogP) is 3.83. The monoisotopic (exact) mass is 400 g/mol. The molecule has 0 aromatic heterocycles. The number of hydrogen-bond donors (Lipinski definition) is 0. The molecule has 1 aliphatic heterocycles. The van der Waals surface area contributed by atoms with Gasteiger partial charge in [0.2, 0.25) is 5.69 Å². The second-order valence-electron chi connectivity index (χ2n) is 6.45. The van der Waals surface area contributed by atoms with Crippen molar-refractivity contribution in [2.24, 2.45) is 10.1 Å². The number of rotatable bonds is 5. The summed E-state index contributed by atoms with van der Waals surface area (Å²) in [4.78, 5) is 15.4. The van der Waals surface area contributed by atoms with E-state index in [9.17, 15) is 13.6 Å². The second-order valence-corrected chi connectivity index (χ2v) is 6.45. The predicted molar refractivity (Wildman–Crippen MR) is 106 cm³/mol. The molecule has 29 heavy (non-hydrogen) atoms. The minimum absolute atomic E-state index is 0.113. The molecule has 2 aromatic rings. The molecule has 150 valence electrons. The third-order valence-corrected chi connectivity index (χ3v) is 4.34. The van der Waals surface area contributed by atoms with Crippen molar-refractivity contribution >= 4 is 29.2 Å². The number of ether oxygens (including phenoxy) is 2. The number of carbonyl (C=O) groups is 1. The number of methoxy groups -OCH3 is 2. The molecule has 0 spiro atoms. The first-order valence-corrected chi connectivity index (χ1v) is 8.76. The Kier molecular flexibility index (Phi) is 5.54. The Bertz CT molecular complexity index is 1040. The van der Waals surface area contributed by atoms with Crippen LogP contribution in [0.5, 0.6) is 11.5 Å². The van der Waals surface area contributed by atoms with Crippen LogP contribution >= 0.6 is 0 Å². The number of benzene rings is 2. The molecule has 0 saturated heterocycles. The summed E-state index contributed by atoms with van der Waals surface area (Å²) in [5.74, 6) is -3.78. The van der Waals surface area contributed by atoms with Gasteiger partial charge in [-0.05, 0) is 53.1 Å². The third-order valence-electron chi connectivity index (χ3n) is 4.34. The smallest absolute Gasteiger partial charge is 0.324 e. The zero-order valence-corrected chi connectivity index (χ0v) is 16.4. The van der Waals surface area contributed by atoms with Crippen molar-refractivity contribution in [1.29, 1.82) is 0 Å². The average molecular weight is 400 g/mol. The van der Waals surface area contributed by atoms with Gasteiger partial charge in [-0.15, -0.1) is 0 Å². The van der Waals surface area contributed by atoms with E-state index in [1.807, 2.05) is 6.07 Å². The standard InChI is InChI=1S/C21H20F2N3O3/c1-13(25-20(27)21(2,22)23)19(14-5-7-16(28-3)8-6-14)26-18-10-9-17(29-4)11-15(18)12-24-26/h5-12H,1-4H3/q+1/b25-13?,26-19+. The molecule has 1 aliphatic rings. The summed E-state index contributed by atoms with van der Waals surface area (Å²) in [6, 6.07) is 12.3. The topological polar surface area (TPSA) is 63.3 Å². The van der Waals surface area contributed by atoms with E-state index in [0.29, 0.717) is 35.4 Å². The van der Waals surface area contributed by atoms with Crippen molar-refractivity contribution in [3.05, 3.63) is 53.6 Å². The summed E-state index contributed by atoms with van der Waals surface area (Å²) in [6.07, 6.45) is 1.63. The molecule has 0 radical (unpaired) electrons. The Balaban J connectivity index is 2.20. The maximum atomic E-state index is 13.4. The Labute approximate surface area is 166 Å². The van der Waals surface area contributed by atoms with Gasteiger partial charge in [-0.3, -0.25) is 4.79 Å². The van der Waals surface area contributed by atoms with Crippen molar-refractivity contribution in [1.82, 2.24) is 0 Å². The number of fused-ring (bicyclic) bond motifs is 1. The highest BCUT2D eigenvalue weighted by molar-refractivity contribution is 6.47. The number of nitrogens with zero attached hydrogens (tertiary/aromatic N) is 3. The molecule has 0 saturated carbocycles. The van der Waals surface area contributed by atoms with Crippen LogP contribution in [0.15, 0.2) is 52.6 Å². The van der Waals surface area contributed by atoms with Gasteiger partial charge in [0.05, 0.1) is 25.3 Å². The van der Waals surface area contributed by atoms with Gasteiger partial charge in [0.15, 0.2) is 0 Å². The van der Waals surface area contributed by atoms with E-state index < -0.39 is 11.8 Å². The molecule has 6 nitrogen and oxygen atoms in total. The average Bonchev–Trinajstić information content (AvgIpc) is 3.10. The largest absolute Gasteiger partial charge is 0.497 e. The van der Waals surface area contributed by atoms with Gasteiger partial charge in [0.25, 0.3) is 5.71 Å². The molecule has 0 N–H and O–H groups in total. The zero-order chi connectivity index (χ0) is 21.2. The highest BCUT2D eigenvalue weighted by atomic mass is 19.3. The molecule has 3 rings (SSSR count). The molecule has 0 atom stereocenters. The molecule has 0 fully saturated rings. The van der Waals surface area contributed by atoms with Crippen molar-refractivity contribution < 1.29 is 27.7 Å². The Morgan fingerprint density at radius 1 is 1.07 bits per heavy atom. The lowest BCUT2D eigenvalue weighted by Gasteiger charge is -2.08. The van der Waals surface area contributed by atoms with Gasteiger partial charge in [-0.25, -0.2) is 4.99 Å². The molecule has 2 aromatic carbocycles. The molecule has 8 heteroatoms. The molecule has 1 amide bonds. The van der Waals surface area contributed by atoms with E-state index in [1.165, 1.54) is 6.92 Å². The van der Waals surface area contributed by atoms with Crippen LogP contribution in [0.2, 0.25) is 0 Å². The lowest BCUT2D eigenvalue weighted by atomic mass is 10.1. The molecular weight excluding hydrogens is 380 g/mol. The Morgan fingerprint density at radius 3 is 2.28 bits per heavy atom. The lowest BCUT2D eigenvalue weighted by molar-refractivity contribution is -0.438. The number of amides is 1. The maximum Gasteiger partial charge on any atom is 0.324 e. The summed E-state index contributed by atoms with van der Waals surface area (Å²) in [6.45, 7) is 2.02. The summed E-state index contributed by atoms with van der Waals surface area (Å²) >= 11 is 0. The number of alkyl halides is 2. The van der Waals surface area contributed by atoms with E-state index in [1.54, 1.807) is 61.5 Å². The molecule has 0 aliphatic carbocycles. The highest BCUT2D eigenvalue weighted by Crippen LogP contribution is 2.28. The van der Waals surface area contributed by atoms with Crippen molar-refractivity contribution in [2.75, 3.05) is 14.2 Å². The minimum atomic E-state index is -3.56. The van der Waals surface area contributed by atoms with Crippen LogP contribution in [-0.2, 0) is 4.79 Å². The van der Waals surface area contributed by atoms with Gasteiger partial charge in [0, 0.05) is 13.0 Å². The Morgan fingerprint density at radius 2 is 1.69 bits per heavy atom. The van der Waals surface area contributed by atoms with Gasteiger partial charge in [-0.1, -0.05) is 0 Å². The highest BCUT2D eigenvalue weighted by Gasteiger charge is 2.35. The zero-order valence-electron chi connectivity index (χ0n) is 16.4. The van der Waals surface area contributed by atoms with Crippen LogP contribution in [0.3, 0.4) is 0 Å². The fraction of sp³-hybridized carbons (Fsp3) is 0.238. The van der Waals surface area contributed by atoms with Crippen LogP contribution in [-0.4, -0.2) is 48.4 Å². The summed E-state index contributed by atoms with van der Waals surface area (Å²) in [5, 5.41) is 4.39. The van der Waals surface area contributed by atoms with Gasteiger partial charge >= 0.3 is 11.8 Å². The quantitative estimate of drug-likeness (QED) is 0.566. The SMILES string of the molecule is COc1ccc(/C(C(C)=NC(=O)C(C)(F)F)=[N+]2/N=Cc3cc(OC)ccc32)cc1. The van der Waals surface area contributed by atoms with E-state index >= 15 is 0 Å². The number of hydrazone groups is 1. The van der Waals surface area contributed by atoms with Crippen LogP contribution in [0, 0.1) is 0 Å². The third kappa shape index (κ3) is 4.21. The number of halogens is 2. The van der Waals surface area contributed by atoms with E-state index in [4.69, 9.17) is 9.47 Å². The summed E-state index contributed by atoms with van der Waals surface area (Å²) < 4.78 is 38.8.